The maximum Gasteiger partial charge on any atom is 0.222 e. The van der Waals surface area contributed by atoms with Crippen molar-refractivity contribution in [2.45, 2.75) is 64.4 Å². The van der Waals surface area contributed by atoms with Crippen molar-refractivity contribution < 1.29 is 23.1 Å². The number of hydrogen-bond donors (Lipinski definition) is 3. The van der Waals surface area contributed by atoms with Gasteiger partial charge in [0.15, 0.2) is 0 Å². The van der Waals surface area contributed by atoms with Gasteiger partial charge in [0.25, 0.3) is 0 Å². The summed E-state index contributed by atoms with van der Waals surface area (Å²) in [5.74, 6) is -0.680. The lowest BCUT2D eigenvalue weighted by molar-refractivity contribution is -0.124. The number of benzene rings is 2. The molecule has 0 unspecified atom stereocenters. The smallest absolute Gasteiger partial charge is 0.222 e. The number of aromatic nitrogens is 1. The molecule has 3 N–H and O–H groups in total. The molecule has 35 heavy (non-hydrogen) atoms. The SMILES string of the molecule is CC(C)(O)CC(=O)NCCCCC1CC(Cc2c(-c3ccc(F)cc3)[nH]c3c(F)cc(F)cc23)C1. The Morgan fingerprint density at radius 2 is 1.77 bits per heavy atom. The van der Waals surface area contributed by atoms with Crippen LogP contribution in [0.4, 0.5) is 13.2 Å². The van der Waals surface area contributed by atoms with Crippen LogP contribution in [-0.4, -0.2) is 28.1 Å². The number of aromatic amines is 1. The van der Waals surface area contributed by atoms with Crippen molar-refractivity contribution in [3.8, 4) is 11.3 Å². The summed E-state index contributed by atoms with van der Waals surface area (Å²) in [4.78, 5) is 14.9. The van der Waals surface area contributed by atoms with Crippen LogP contribution in [0.5, 0.6) is 0 Å². The van der Waals surface area contributed by atoms with E-state index in [-0.39, 0.29) is 23.7 Å². The van der Waals surface area contributed by atoms with Crippen LogP contribution in [0.15, 0.2) is 36.4 Å². The maximum absolute atomic E-state index is 14.5. The van der Waals surface area contributed by atoms with Crippen LogP contribution < -0.4 is 5.32 Å². The van der Waals surface area contributed by atoms with Gasteiger partial charge in [-0.05, 0) is 92.8 Å². The van der Waals surface area contributed by atoms with Gasteiger partial charge >= 0.3 is 0 Å². The molecule has 1 aliphatic carbocycles. The summed E-state index contributed by atoms with van der Waals surface area (Å²) in [5.41, 5.74) is 1.63. The van der Waals surface area contributed by atoms with Crippen molar-refractivity contribution in [1.29, 1.82) is 0 Å². The molecule has 188 valence electrons. The largest absolute Gasteiger partial charge is 0.390 e. The van der Waals surface area contributed by atoms with E-state index in [1.807, 2.05) is 0 Å². The van der Waals surface area contributed by atoms with Crippen LogP contribution >= 0.6 is 0 Å². The van der Waals surface area contributed by atoms with Crippen molar-refractivity contribution in [1.82, 2.24) is 10.3 Å². The number of amides is 1. The Morgan fingerprint density at radius 3 is 2.46 bits per heavy atom. The number of hydrogen-bond acceptors (Lipinski definition) is 2. The number of fused-ring (bicyclic) bond motifs is 1. The third-order valence-electron chi connectivity index (χ3n) is 6.85. The maximum atomic E-state index is 14.5. The molecule has 1 amide bonds. The molecule has 0 atom stereocenters. The first-order chi connectivity index (χ1) is 16.6. The van der Waals surface area contributed by atoms with Gasteiger partial charge in [-0.15, -0.1) is 0 Å². The number of carbonyl (C=O) groups is 1. The molecule has 1 saturated carbocycles. The molecule has 0 spiro atoms. The monoisotopic (exact) mass is 486 g/mol. The van der Waals surface area contributed by atoms with E-state index in [9.17, 15) is 23.1 Å². The van der Waals surface area contributed by atoms with Crippen LogP contribution in [0.1, 0.15) is 57.9 Å². The molecule has 1 fully saturated rings. The average Bonchev–Trinajstić information content (AvgIpc) is 3.09. The lowest BCUT2D eigenvalue weighted by Gasteiger charge is -2.36. The van der Waals surface area contributed by atoms with Crippen LogP contribution in [0.25, 0.3) is 22.2 Å². The van der Waals surface area contributed by atoms with E-state index in [1.54, 1.807) is 26.0 Å². The summed E-state index contributed by atoms with van der Waals surface area (Å²) in [6, 6.07) is 8.30. The van der Waals surface area contributed by atoms with Gasteiger partial charge in [0.05, 0.1) is 17.5 Å². The van der Waals surface area contributed by atoms with E-state index in [4.69, 9.17) is 0 Å². The summed E-state index contributed by atoms with van der Waals surface area (Å²) in [5, 5.41) is 13.1. The molecular weight excluding hydrogens is 453 g/mol. The standard InChI is InChI=1S/C28H33F3N2O2/c1-28(2,35)16-25(34)32-10-4-3-5-17-11-18(12-17)13-22-23-14-21(30)15-24(31)27(23)33-26(22)19-6-8-20(29)9-7-19/h6-9,14-15,17-18,33,35H,3-5,10-13,16H2,1-2H3,(H,32,34). The van der Waals surface area contributed by atoms with Gasteiger partial charge in [0.2, 0.25) is 5.91 Å². The predicted octanol–water partition coefficient (Wildman–Crippen LogP) is 6.27. The summed E-state index contributed by atoms with van der Waals surface area (Å²) in [6.45, 7) is 3.84. The van der Waals surface area contributed by atoms with E-state index in [2.05, 4.69) is 10.3 Å². The minimum atomic E-state index is -0.996. The van der Waals surface area contributed by atoms with Crippen LogP contribution in [0.3, 0.4) is 0 Å². The first kappa shape index (κ1) is 25.3. The lowest BCUT2D eigenvalue weighted by Crippen LogP contribution is -2.32. The van der Waals surface area contributed by atoms with E-state index < -0.39 is 17.2 Å². The lowest BCUT2D eigenvalue weighted by atomic mass is 9.70. The Balaban J connectivity index is 1.33. The highest BCUT2D eigenvalue weighted by atomic mass is 19.1. The third-order valence-corrected chi connectivity index (χ3v) is 6.85. The fourth-order valence-electron chi connectivity index (χ4n) is 5.15. The number of H-pyrrole nitrogens is 1. The Bertz CT molecular complexity index is 1180. The summed E-state index contributed by atoms with van der Waals surface area (Å²) in [7, 11) is 0. The molecule has 1 aliphatic rings. The molecule has 1 heterocycles. The Hall–Kier alpha value is -2.80. The molecule has 7 heteroatoms. The van der Waals surface area contributed by atoms with Crippen molar-refractivity contribution in [2.24, 2.45) is 11.8 Å². The highest BCUT2D eigenvalue weighted by molar-refractivity contribution is 5.91. The molecule has 2 aromatic carbocycles. The number of aliphatic hydroxyl groups is 1. The molecule has 3 aromatic rings. The van der Waals surface area contributed by atoms with Crippen LogP contribution in [-0.2, 0) is 11.2 Å². The molecule has 0 saturated heterocycles. The van der Waals surface area contributed by atoms with Crippen molar-refractivity contribution in [3.05, 3.63) is 59.4 Å². The fraction of sp³-hybridized carbons (Fsp3) is 0.464. The van der Waals surface area contributed by atoms with Gasteiger partial charge in [-0.2, -0.15) is 0 Å². The number of halogens is 3. The van der Waals surface area contributed by atoms with Crippen molar-refractivity contribution in [2.75, 3.05) is 6.54 Å². The van der Waals surface area contributed by atoms with Gasteiger partial charge in [-0.3, -0.25) is 4.79 Å². The van der Waals surface area contributed by atoms with Gasteiger partial charge in [0.1, 0.15) is 17.5 Å². The zero-order valence-electron chi connectivity index (χ0n) is 20.3. The molecular formula is C28H33F3N2O2. The van der Waals surface area contributed by atoms with E-state index in [0.717, 1.165) is 55.0 Å². The third kappa shape index (κ3) is 6.45. The first-order valence-corrected chi connectivity index (χ1v) is 12.3. The first-order valence-electron chi connectivity index (χ1n) is 12.3. The van der Waals surface area contributed by atoms with Gasteiger partial charge < -0.3 is 15.4 Å². The quantitative estimate of drug-likeness (QED) is 0.296. The van der Waals surface area contributed by atoms with Crippen molar-refractivity contribution >= 4 is 16.8 Å². The number of carbonyl (C=O) groups excluding carboxylic acids is 1. The molecule has 4 rings (SSSR count). The van der Waals surface area contributed by atoms with E-state index in [1.165, 1.54) is 18.2 Å². The minimum Gasteiger partial charge on any atom is -0.390 e. The highest BCUT2D eigenvalue weighted by Gasteiger charge is 2.30. The number of unbranched alkanes of at least 4 members (excludes halogenated alkanes) is 1. The van der Waals surface area contributed by atoms with E-state index >= 15 is 0 Å². The second-order valence-electron chi connectivity index (χ2n) is 10.5. The van der Waals surface area contributed by atoms with Gasteiger partial charge in [-0.1, -0.05) is 12.8 Å². The molecule has 0 bridgehead atoms. The summed E-state index contributed by atoms with van der Waals surface area (Å²) < 4.78 is 42.0. The topological polar surface area (TPSA) is 65.1 Å². The number of rotatable bonds is 10. The fourth-order valence-corrected chi connectivity index (χ4v) is 5.15. The van der Waals surface area contributed by atoms with E-state index in [0.29, 0.717) is 30.2 Å². The summed E-state index contributed by atoms with van der Waals surface area (Å²) in [6.07, 6.45) is 5.91. The summed E-state index contributed by atoms with van der Waals surface area (Å²) >= 11 is 0. The van der Waals surface area contributed by atoms with Gasteiger partial charge in [-0.25, -0.2) is 13.2 Å². The highest BCUT2D eigenvalue weighted by Crippen LogP contribution is 2.42. The average molecular weight is 487 g/mol. The normalized spacial score (nSPS) is 18.0. The minimum absolute atomic E-state index is 0.0961. The zero-order chi connectivity index (χ0) is 25.2. The van der Waals surface area contributed by atoms with Crippen LogP contribution in [0.2, 0.25) is 0 Å². The second kappa shape index (κ2) is 10.4. The molecule has 0 aliphatic heterocycles. The molecule has 1 aromatic heterocycles. The Morgan fingerprint density at radius 1 is 1.06 bits per heavy atom. The number of nitrogens with one attached hydrogen (secondary N) is 2. The van der Waals surface area contributed by atoms with Crippen molar-refractivity contribution in [3.63, 3.8) is 0 Å². The predicted molar refractivity (Wildman–Crippen MR) is 131 cm³/mol. The zero-order valence-corrected chi connectivity index (χ0v) is 20.3. The van der Waals surface area contributed by atoms with Crippen LogP contribution in [0, 0.1) is 29.3 Å². The Labute approximate surface area is 203 Å². The Kier molecular flexibility index (Phi) is 7.55. The van der Waals surface area contributed by atoms with Gasteiger partial charge in [0, 0.05) is 23.7 Å². The second-order valence-corrected chi connectivity index (χ2v) is 10.5. The molecule has 4 nitrogen and oxygen atoms in total. The molecule has 0 radical (unpaired) electrons.